The third kappa shape index (κ3) is 3.03. The minimum atomic E-state index is -3.55. The Hall–Kier alpha value is -1.37. The second-order valence-electron chi connectivity index (χ2n) is 4.88. The number of anilines is 1. The molecule has 0 aliphatic rings. The van der Waals surface area contributed by atoms with E-state index in [0.29, 0.717) is 17.8 Å². The number of rotatable bonds is 4. The van der Waals surface area contributed by atoms with Crippen molar-refractivity contribution in [3.63, 3.8) is 0 Å². The Balaban J connectivity index is 2.29. The fourth-order valence-electron chi connectivity index (χ4n) is 1.95. The first kappa shape index (κ1) is 15.0. The average molecular weight is 310 g/mol. The van der Waals surface area contributed by atoms with Crippen molar-refractivity contribution in [1.82, 2.24) is 4.72 Å². The van der Waals surface area contributed by atoms with Crippen LogP contribution < -0.4 is 10.5 Å². The third-order valence-corrected chi connectivity index (χ3v) is 5.69. The van der Waals surface area contributed by atoms with Gasteiger partial charge in [-0.15, -0.1) is 0 Å². The lowest BCUT2D eigenvalue weighted by molar-refractivity contribution is 0.580. The topological polar surface area (TPSA) is 72.2 Å². The number of thiophene rings is 1. The predicted octanol–water partition coefficient (Wildman–Crippen LogP) is 2.73. The van der Waals surface area contributed by atoms with E-state index in [9.17, 15) is 8.42 Å². The normalized spacial score (nSPS) is 11.8. The molecule has 108 valence electrons. The summed E-state index contributed by atoms with van der Waals surface area (Å²) in [5.74, 6) is 0. The van der Waals surface area contributed by atoms with Gasteiger partial charge in [0.05, 0.1) is 4.90 Å². The minimum absolute atomic E-state index is 0.253. The standard InChI is InChI=1S/C14H18N2O2S2/c1-9-4-13(15)11(3)14(5-9)20(17,18)16-6-12-8-19-7-10(12)2/h4-5,7-8,16H,6,15H2,1-3H3. The van der Waals surface area contributed by atoms with Gasteiger partial charge in [-0.1, -0.05) is 0 Å². The average Bonchev–Trinajstić information content (AvgIpc) is 2.77. The van der Waals surface area contributed by atoms with Gasteiger partial charge in [0.15, 0.2) is 0 Å². The molecule has 0 saturated carbocycles. The van der Waals surface area contributed by atoms with Crippen LogP contribution in [0.2, 0.25) is 0 Å². The Morgan fingerprint density at radius 2 is 1.90 bits per heavy atom. The van der Waals surface area contributed by atoms with Gasteiger partial charge < -0.3 is 5.73 Å². The Morgan fingerprint density at radius 1 is 1.20 bits per heavy atom. The monoisotopic (exact) mass is 310 g/mol. The largest absolute Gasteiger partial charge is 0.398 e. The van der Waals surface area contributed by atoms with Crippen LogP contribution in [0.1, 0.15) is 22.3 Å². The molecule has 20 heavy (non-hydrogen) atoms. The van der Waals surface area contributed by atoms with Crippen molar-refractivity contribution in [2.75, 3.05) is 5.73 Å². The van der Waals surface area contributed by atoms with Gasteiger partial charge in [0.2, 0.25) is 10.0 Å². The summed E-state index contributed by atoms with van der Waals surface area (Å²) >= 11 is 1.57. The molecular formula is C14H18N2O2S2. The summed E-state index contributed by atoms with van der Waals surface area (Å²) < 4.78 is 27.4. The maximum absolute atomic E-state index is 12.4. The molecule has 0 unspecified atom stereocenters. The molecule has 0 bridgehead atoms. The maximum atomic E-state index is 12.4. The van der Waals surface area contributed by atoms with E-state index >= 15 is 0 Å². The van der Waals surface area contributed by atoms with Crippen molar-refractivity contribution in [2.45, 2.75) is 32.2 Å². The van der Waals surface area contributed by atoms with Crippen molar-refractivity contribution < 1.29 is 8.42 Å². The van der Waals surface area contributed by atoms with E-state index < -0.39 is 10.0 Å². The lowest BCUT2D eigenvalue weighted by atomic mass is 10.1. The number of nitrogens with one attached hydrogen (secondary N) is 1. The quantitative estimate of drug-likeness (QED) is 0.853. The van der Waals surface area contributed by atoms with E-state index in [1.54, 1.807) is 30.4 Å². The van der Waals surface area contributed by atoms with Gasteiger partial charge in [-0.2, -0.15) is 11.3 Å². The van der Waals surface area contributed by atoms with E-state index in [1.807, 2.05) is 24.6 Å². The molecule has 0 amide bonds. The fraction of sp³-hybridized carbons (Fsp3) is 0.286. The van der Waals surface area contributed by atoms with E-state index in [-0.39, 0.29) is 4.90 Å². The number of benzene rings is 1. The first-order valence-corrected chi connectivity index (χ1v) is 8.62. The molecule has 3 N–H and O–H groups in total. The van der Waals surface area contributed by atoms with Crippen LogP contribution in [-0.4, -0.2) is 8.42 Å². The molecule has 0 saturated heterocycles. The minimum Gasteiger partial charge on any atom is -0.398 e. The van der Waals surface area contributed by atoms with Crippen LogP contribution in [0.4, 0.5) is 5.69 Å². The summed E-state index contributed by atoms with van der Waals surface area (Å²) in [7, 11) is -3.55. The molecule has 6 heteroatoms. The van der Waals surface area contributed by atoms with Crippen LogP contribution in [0.15, 0.2) is 27.8 Å². The first-order chi connectivity index (χ1) is 9.31. The first-order valence-electron chi connectivity index (χ1n) is 6.19. The van der Waals surface area contributed by atoms with Gasteiger partial charge in [-0.25, -0.2) is 13.1 Å². The maximum Gasteiger partial charge on any atom is 0.241 e. The van der Waals surface area contributed by atoms with Crippen LogP contribution in [0, 0.1) is 20.8 Å². The molecule has 0 aliphatic carbocycles. The third-order valence-electron chi connectivity index (χ3n) is 3.25. The lowest BCUT2D eigenvalue weighted by Crippen LogP contribution is -2.24. The molecule has 0 radical (unpaired) electrons. The van der Waals surface area contributed by atoms with Gasteiger partial charge >= 0.3 is 0 Å². The number of hydrogen-bond acceptors (Lipinski definition) is 4. The predicted molar refractivity (Wildman–Crippen MR) is 83.4 cm³/mol. The summed E-state index contributed by atoms with van der Waals surface area (Å²) in [6.07, 6.45) is 0. The molecule has 1 aromatic carbocycles. The number of aryl methyl sites for hydroxylation is 2. The highest BCUT2D eigenvalue weighted by atomic mass is 32.2. The summed E-state index contributed by atoms with van der Waals surface area (Å²) in [6, 6.07) is 3.42. The van der Waals surface area contributed by atoms with Crippen LogP contribution in [-0.2, 0) is 16.6 Å². The summed E-state index contributed by atoms with van der Waals surface area (Å²) in [6.45, 7) is 5.82. The Morgan fingerprint density at radius 3 is 2.50 bits per heavy atom. The van der Waals surface area contributed by atoms with Gasteiger partial charge in [-0.05, 0) is 65.9 Å². The lowest BCUT2D eigenvalue weighted by Gasteiger charge is -2.12. The second-order valence-corrected chi connectivity index (χ2v) is 7.36. The van der Waals surface area contributed by atoms with Gasteiger partial charge in [0.1, 0.15) is 0 Å². The van der Waals surface area contributed by atoms with Crippen molar-refractivity contribution in [2.24, 2.45) is 0 Å². The zero-order valence-electron chi connectivity index (χ0n) is 11.7. The van der Waals surface area contributed by atoms with E-state index in [4.69, 9.17) is 5.73 Å². The van der Waals surface area contributed by atoms with Crippen LogP contribution in [0.3, 0.4) is 0 Å². The van der Waals surface area contributed by atoms with Crippen molar-refractivity contribution in [3.8, 4) is 0 Å². The molecule has 0 spiro atoms. The Bertz CT molecular complexity index is 734. The van der Waals surface area contributed by atoms with Gasteiger partial charge in [0, 0.05) is 12.2 Å². The molecular weight excluding hydrogens is 292 g/mol. The highest BCUT2D eigenvalue weighted by Gasteiger charge is 2.18. The highest BCUT2D eigenvalue weighted by molar-refractivity contribution is 7.89. The zero-order valence-corrected chi connectivity index (χ0v) is 13.4. The van der Waals surface area contributed by atoms with Crippen LogP contribution in [0.5, 0.6) is 0 Å². The molecule has 0 aliphatic heterocycles. The number of nitrogens with two attached hydrogens (primary N) is 1. The SMILES string of the molecule is Cc1cc(N)c(C)c(S(=O)(=O)NCc2cscc2C)c1. The molecule has 0 fully saturated rings. The van der Waals surface area contributed by atoms with Gasteiger partial charge in [0.25, 0.3) is 0 Å². The molecule has 4 nitrogen and oxygen atoms in total. The highest BCUT2D eigenvalue weighted by Crippen LogP contribution is 2.23. The number of sulfonamides is 1. The fourth-order valence-corrected chi connectivity index (χ4v) is 4.17. The van der Waals surface area contributed by atoms with E-state index in [1.165, 1.54) is 0 Å². The number of nitrogen functional groups attached to an aromatic ring is 1. The van der Waals surface area contributed by atoms with E-state index in [0.717, 1.165) is 16.7 Å². The smallest absolute Gasteiger partial charge is 0.241 e. The van der Waals surface area contributed by atoms with Crippen molar-refractivity contribution >= 4 is 27.0 Å². The molecule has 2 rings (SSSR count). The van der Waals surface area contributed by atoms with Crippen molar-refractivity contribution in [3.05, 3.63) is 45.1 Å². The molecule has 1 heterocycles. The second kappa shape index (κ2) is 5.55. The van der Waals surface area contributed by atoms with Crippen molar-refractivity contribution in [1.29, 1.82) is 0 Å². The molecule has 1 aromatic heterocycles. The zero-order chi connectivity index (χ0) is 14.9. The van der Waals surface area contributed by atoms with E-state index in [2.05, 4.69) is 4.72 Å². The van der Waals surface area contributed by atoms with Crippen LogP contribution in [0.25, 0.3) is 0 Å². The molecule has 0 atom stereocenters. The summed E-state index contributed by atoms with van der Waals surface area (Å²) in [5.41, 5.74) is 9.85. The Labute approximate surface area is 123 Å². The number of hydrogen-bond donors (Lipinski definition) is 2. The molecule has 2 aromatic rings. The van der Waals surface area contributed by atoms with Gasteiger partial charge in [-0.3, -0.25) is 0 Å². The Kier molecular flexibility index (Phi) is 4.17. The summed E-state index contributed by atoms with van der Waals surface area (Å²) in [4.78, 5) is 0.253. The van der Waals surface area contributed by atoms with Crippen LogP contribution >= 0.6 is 11.3 Å². The summed E-state index contributed by atoms with van der Waals surface area (Å²) in [5, 5.41) is 3.95.